The van der Waals surface area contributed by atoms with Crippen molar-refractivity contribution in [3.8, 4) is 16.9 Å². The molecule has 0 amide bonds. The van der Waals surface area contributed by atoms with E-state index in [-0.39, 0.29) is 10.8 Å². The molecule has 0 radical (unpaired) electrons. The molecule has 3 aromatic rings. The fourth-order valence-electron chi connectivity index (χ4n) is 4.97. The van der Waals surface area contributed by atoms with Gasteiger partial charge in [0.05, 0.1) is 0 Å². The standard InChI is InChI=1S/C27H27F5O3S/c1-2-3-4-17-5-7-18(8-6-17)19-9-12-22(24(28)16-19)20-10-13-23-21(15-20)11-14-25(26(23)29)35-36(33,34)27(30,31)32/h9-18H,2-8H2,1H3. The highest BCUT2D eigenvalue weighted by Crippen LogP contribution is 2.39. The first-order valence-electron chi connectivity index (χ1n) is 12.0. The molecule has 0 aliphatic heterocycles. The van der Waals surface area contributed by atoms with E-state index >= 15 is 4.39 Å². The molecule has 0 bridgehead atoms. The van der Waals surface area contributed by atoms with Gasteiger partial charge in [-0.15, -0.1) is 0 Å². The fraction of sp³-hybridized carbons (Fsp3) is 0.407. The zero-order chi connectivity index (χ0) is 26.1. The monoisotopic (exact) mass is 526 g/mol. The topological polar surface area (TPSA) is 43.4 Å². The molecule has 0 unspecified atom stereocenters. The van der Waals surface area contributed by atoms with E-state index in [0.29, 0.717) is 17.0 Å². The number of unbranched alkanes of at least 4 members (excludes halogenated alkanes) is 1. The average Bonchev–Trinajstić information content (AvgIpc) is 2.84. The van der Waals surface area contributed by atoms with E-state index in [0.717, 1.165) is 43.2 Å². The summed E-state index contributed by atoms with van der Waals surface area (Å²) in [5.74, 6) is -1.65. The van der Waals surface area contributed by atoms with Crippen LogP contribution >= 0.6 is 0 Å². The molecule has 4 rings (SSSR count). The van der Waals surface area contributed by atoms with Gasteiger partial charge in [-0.3, -0.25) is 0 Å². The summed E-state index contributed by atoms with van der Waals surface area (Å²) in [5.41, 5.74) is -3.94. The Kier molecular flexibility index (Phi) is 7.59. The molecule has 0 N–H and O–H groups in total. The van der Waals surface area contributed by atoms with Crippen molar-refractivity contribution in [3.05, 3.63) is 65.7 Å². The first-order valence-corrected chi connectivity index (χ1v) is 13.4. The molecular formula is C27H27F5O3S. The van der Waals surface area contributed by atoms with E-state index < -0.39 is 33.0 Å². The Bertz CT molecular complexity index is 1340. The molecule has 194 valence electrons. The maximum Gasteiger partial charge on any atom is 0.534 e. The summed E-state index contributed by atoms with van der Waals surface area (Å²) in [5, 5.41) is 0.112. The minimum Gasteiger partial charge on any atom is -0.373 e. The lowest BCUT2D eigenvalue weighted by Gasteiger charge is -2.29. The normalized spacial score (nSPS) is 18.9. The zero-order valence-electron chi connectivity index (χ0n) is 19.7. The van der Waals surface area contributed by atoms with Crippen molar-refractivity contribution < 1.29 is 34.6 Å². The van der Waals surface area contributed by atoms with Crippen LogP contribution in [0.25, 0.3) is 21.9 Å². The van der Waals surface area contributed by atoms with Gasteiger partial charge in [-0.1, -0.05) is 56.5 Å². The first-order chi connectivity index (χ1) is 17.0. The van der Waals surface area contributed by atoms with Crippen molar-refractivity contribution >= 4 is 20.9 Å². The molecule has 36 heavy (non-hydrogen) atoms. The predicted molar refractivity (Wildman–Crippen MR) is 129 cm³/mol. The Balaban J connectivity index is 1.54. The van der Waals surface area contributed by atoms with Crippen molar-refractivity contribution in [3.63, 3.8) is 0 Å². The minimum absolute atomic E-state index is 0.148. The SMILES string of the molecule is CCCCC1CCC(c2ccc(-c3ccc4c(F)c(OS(=O)(=O)C(F)(F)F)ccc4c3)c(F)c2)CC1. The zero-order valence-corrected chi connectivity index (χ0v) is 20.6. The third kappa shape index (κ3) is 5.51. The summed E-state index contributed by atoms with van der Waals surface area (Å²) in [7, 11) is -6.01. The van der Waals surface area contributed by atoms with Crippen molar-refractivity contribution in [1.29, 1.82) is 0 Å². The van der Waals surface area contributed by atoms with E-state index in [1.54, 1.807) is 12.1 Å². The van der Waals surface area contributed by atoms with Crippen LogP contribution in [-0.2, 0) is 10.1 Å². The van der Waals surface area contributed by atoms with Gasteiger partial charge in [-0.05, 0) is 72.2 Å². The third-order valence-corrected chi connectivity index (χ3v) is 7.96. The van der Waals surface area contributed by atoms with Crippen molar-refractivity contribution in [1.82, 2.24) is 0 Å². The van der Waals surface area contributed by atoms with E-state index in [2.05, 4.69) is 11.1 Å². The van der Waals surface area contributed by atoms with Crippen LogP contribution in [0.5, 0.6) is 5.75 Å². The van der Waals surface area contributed by atoms with E-state index in [9.17, 15) is 26.0 Å². The number of rotatable bonds is 7. The molecule has 0 atom stereocenters. The van der Waals surface area contributed by atoms with Crippen molar-refractivity contribution in [2.24, 2.45) is 5.92 Å². The van der Waals surface area contributed by atoms with Gasteiger partial charge in [-0.2, -0.15) is 21.6 Å². The Labute approximate surface area is 207 Å². The summed E-state index contributed by atoms with van der Waals surface area (Å²) in [6.07, 6.45) is 8.08. The Morgan fingerprint density at radius 2 is 1.67 bits per heavy atom. The molecular weight excluding hydrogens is 499 g/mol. The van der Waals surface area contributed by atoms with Crippen LogP contribution in [-0.4, -0.2) is 13.9 Å². The van der Waals surface area contributed by atoms with Crippen molar-refractivity contribution in [2.75, 3.05) is 0 Å². The van der Waals surface area contributed by atoms with E-state index in [4.69, 9.17) is 0 Å². The number of hydrogen-bond acceptors (Lipinski definition) is 3. The van der Waals surface area contributed by atoms with Crippen LogP contribution in [0.3, 0.4) is 0 Å². The summed E-state index contributed by atoms with van der Waals surface area (Å²) in [6.45, 7) is 2.19. The fourth-order valence-corrected chi connectivity index (χ4v) is 5.43. The number of halogens is 5. The largest absolute Gasteiger partial charge is 0.534 e. The van der Waals surface area contributed by atoms with Gasteiger partial charge in [0.25, 0.3) is 0 Å². The van der Waals surface area contributed by atoms with Gasteiger partial charge in [0.1, 0.15) is 5.82 Å². The highest BCUT2D eigenvalue weighted by atomic mass is 32.2. The molecule has 0 heterocycles. The Morgan fingerprint density at radius 3 is 2.31 bits per heavy atom. The highest BCUT2D eigenvalue weighted by Gasteiger charge is 2.49. The van der Waals surface area contributed by atoms with Gasteiger partial charge in [0, 0.05) is 10.9 Å². The molecule has 9 heteroatoms. The lowest BCUT2D eigenvalue weighted by Crippen LogP contribution is -2.28. The van der Waals surface area contributed by atoms with Gasteiger partial charge in [0.15, 0.2) is 11.6 Å². The molecule has 1 saturated carbocycles. The van der Waals surface area contributed by atoms with Gasteiger partial charge in [0.2, 0.25) is 0 Å². The van der Waals surface area contributed by atoms with E-state index in [1.807, 2.05) is 6.07 Å². The molecule has 3 aromatic carbocycles. The summed E-state index contributed by atoms with van der Waals surface area (Å²) in [4.78, 5) is 0. The lowest BCUT2D eigenvalue weighted by atomic mass is 9.77. The summed E-state index contributed by atoms with van der Waals surface area (Å²) in [6, 6.07) is 11.4. The first kappa shape index (κ1) is 26.4. The molecule has 0 saturated heterocycles. The molecule has 1 aliphatic carbocycles. The van der Waals surface area contributed by atoms with E-state index in [1.165, 1.54) is 43.5 Å². The predicted octanol–water partition coefficient (Wildman–Crippen LogP) is 8.48. The van der Waals surface area contributed by atoms with Crippen molar-refractivity contribution in [2.45, 2.75) is 63.3 Å². The minimum atomic E-state index is -6.01. The van der Waals surface area contributed by atoms with Gasteiger partial charge in [-0.25, -0.2) is 8.78 Å². The van der Waals surface area contributed by atoms with Gasteiger partial charge >= 0.3 is 15.6 Å². The van der Waals surface area contributed by atoms with Crippen LogP contribution in [0, 0.1) is 17.6 Å². The molecule has 0 aromatic heterocycles. The number of benzene rings is 3. The second kappa shape index (κ2) is 10.4. The number of hydrogen-bond donors (Lipinski definition) is 0. The Hall–Kier alpha value is -2.68. The second-order valence-corrected chi connectivity index (χ2v) is 10.9. The third-order valence-electron chi connectivity index (χ3n) is 6.99. The molecule has 0 spiro atoms. The number of alkyl halides is 3. The molecule has 1 fully saturated rings. The maximum absolute atomic E-state index is 15.1. The van der Waals surface area contributed by atoms with Crippen LogP contribution in [0.4, 0.5) is 22.0 Å². The Morgan fingerprint density at radius 1 is 0.944 bits per heavy atom. The lowest BCUT2D eigenvalue weighted by molar-refractivity contribution is -0.0500. The quantitative estimate of drug-likeness (QED) is 0.176. The molecule has 3 nitrogen and oxygen atoms in total. The highest BCUT2D eigenvalue weighted by molar-refractivity contribution is 7.88. The summed E-state index contributed by atoms with van der Waals surface area (Å²) < 4.78 is 94.0. The smallest absolute Gasteiger partial charge is 0.373 e. The second-order valence-electron chi connectivity index (χ2n) is 9.40. The van der Waals surface area contributed by atoms with Crippen LogP contribution in [0.15, 0.2) is 48.5 Å². The average molecular weight is 527 g/mol. The van der Waals surface area contributed by atoms with Crippen LogP contribution in [0.2, 0.25) is 0 Å². The molecule has 1 aliphatic rings. The van der Waals surface area contributed by atoms with Gasteiger partial charge < -0.3 is 4.18 Å². The maximum atomic E-state index is 15.1. The van der Waals surface area contributed by atoms with Crippen LogP contribution in [0.1, 0.15) is 63.4 Å². The summed E-state index contributed by atoms with van der Waals surface area (Å²) >= 11 is 0. The number of fused-ring (bicyclic) bond motifs is 1. The van der Waals surface area contributed by atoms with Crippen LogP contribution < -0.4 is 4.18 Å².